The van der Waals surface area contributed by atoms with Gasteiger partial charge in [0.2, 0.25) is 0 Å². The fourth-order valence-corrected chi connectivity index (χ4v) is 3.45. The first-order chi connectivity index (χ1) is 7.18. The highest BCUT2D eigenvalue weighted by molar-refractivity contribution is 14.1. The van der Waals surface area contributed by atoms with Crippen molar-refractivity contribution >= 4 is 22.6 Å². The van der Waals surface area contributed by atoms with Crippen LogP contribution in [0.25, 0.3) is 0 Å². The van der Waals surface area contributed by atoms with E-state index in [9.17, 15) is 0 Å². The fourth-order valence-electron chi connectivity index (χ4n) is 2.90. The van der Waals surface area contributed by atoms with Crippen LogP contribution in [0.4, 0.5) is 0 Å². The largest absolute Gasteiger partial charge is 0.316 e. The number of halogens is 1. The lowest BCUT2D eigenvalue weighted by Crippen LogP contribution is -2.16. The van der Waals surface area contributed by atoms with Gasteiger partial charge in [-0.2, -0.15) is 5.10 Å². The zero-order chi connectivity index (χ0) is 10.6. The highest BCUT2D eigenvalue weighted by atomic mass is 127. The molecule has 0 spiro atoms. The molecule has 1 saturated heterocycles. The molecule has 1 aliphatic carbocycles. The number of nitrogens with one attached hydrogen (secondary N) is 1. The molecule has 0 bridgehead atoms. The predicted octanol–water partition coefficient (Wildman–Crippen LogP) is 2.00. The number of piperidine rings is 1. The van der Waals surface area contributed by atoms with E-state index in [2.05, 4.69) is 57.6 Å². The van der Waals surface area contributed by atoms with Crippen LogP contribution in [0.15, 0.2) is 6.07 Å². The maximum absolute atomic E-state index is 4.58. The predicted molar refractivity (Wildman–Crippen MR) is 67.9 cm³/mol. The van der Waals surface area contributed by atoms with Gasteiger partial charge in [-0.15, -0.1) is 0 Å². The van der Waals surface area contributed by atoms with E-state index < -0.39 is 0 Å². The van der Waals surface area contributed by atoms with Gasteiger partial charge in [-0.1, -0.05) is 0 Å². The van der Waals surface area contributed by atoms with Crippen molar-refractivity contribution in [1.29, 1.82) is 0 Å². The van der Waals surface area contributed by atoms with Crippen molar-refractivity contribution < 1.29 is 0 Å². The van der Waals surface area contributed by atoms with Gasteiger partial charge in [0.25, 0.3) is 0 Å². The van der Waals surface area contributed by atoms with E-state index in [0.717, 1.165) is 21.5 Å². The van der Waals surface area contributed by atoms with E-state index >= 15 is 0 Å². The second kappa shape index (κ2) is 3.45. The maximum atomic E-state index is 4.58. The Morgan fingerprint density at radius 3 is 2.73 bits per heavy atom. The lowest BCUT2D eigenvalue weighted by molar-refractivity contribution is 0.495. The standard InChI is InChI=1S/C11H16IN3/c1-6(2)15-9(3-10(12)14-15)11-7-4-13-5-8(7)11/h3,6-8,11,13H,4-5H2,1-2H3/t7-,8+,11+. The van der Waals surface area contributed by atoms with Gasteiger partial charge in [-0.3, -0.25) is 4.68 Å². The molecule has 1 aromatic rings. The summed E-state index contributed by atoms with van der Waals surface area (Å²) in [6.45, 7) is 6.83. The van der Waals surface area contributed by atoms with Gasteiger partial charge in [-0.25, -0.2) is 0 Å². The molecule has 3 atom stereocenters. The van der Waals surface area contributed by atoms with Gasteiger partial charge < -0.3 is 5.32 Å². The summed E-state index contributed by atoms with van der Waals surface area (Å²) in [5.74, 6) is 2.55. The lowest BCUT2D eigenvalue weighted by Gasteiger charge is -2.12. The lowest BCUT2D eigenvalue weighted by atomic mass is 10.2. The van der Waals surface area contributed by atoms with Crippen LogP contribution in [0.3, 0.4) is 0 Å². The van der Waals surface area contributed by atoms with Crippen LogP contribution in [0.2, 0.25) is 0 Å². The first-order valence-electron chi connectivity index (χ1n) is 5.64. The van der Waals surface area contributed by atoms with E-state index in [1.807, 2.05) is 0 Å². The van der Waals surface area contributed by atoms with Crippen molar-refractivity contribution in [3.05, 3.63) is 15.5 Å². The minimum atomic E-state index is 0.484. The second-order valence-electron chi connectivity index (χ2n) is 4.94. The van der Waals surface area contributed by atoms with Crippen LogP contribution in [-0.4, -0.2) is 22.9 Å². The molecule has 1 aliphatic heterocycles. The van der Waals surface area contributed by atoms with Crippen LogP contribution in [-0.2, 0) is 0 Å². The summed E-state index contributed by atoms with van der Waals surface area (Å²) in [4.78, 5) is 0. The Bertz CT molecular complexity index is 375. The number of nitrogens with zero attached hydrogens (tertiary/aromatic N) is 2. The third-order valence-electron chi connectivity index (χ3n) is 3.66. The Morgan fingerprint density at radius 2 is 2.13 bits per heavy atom. The molecule has 15 heavy (non-hydrogen) atoms. The SMILES string of the molecule is CC(C)n1nc(I)cc1[C@H]1[C@@H]2CNC[C@@H]21. The maximum Gasteiger partial charge on any atom is 0.123 e. The van der Waals surface area contributed by atoms with Gasteiger partial charge in [0.15, 0.2) is 0 Å². The molecule has 3 rings (SSSR count). The Balaban J connectivity index is 1.91. The molecule has 0 unspecified atom stereocenters. The number of hydrogen-bond acceptors (Lipinski definition) is 2. The smallest absolute Gasteiger partial charge is 0.123 e. The molecular weight excluding hydrogens is 301 g/mol. The first-order valence-corrected chi connectivity index (χ1v) is 6.72. The molecule has 3 nitrogen and oxygen atoms in total. The van der Waals surface area contributed by atoms with Crippen LogP contribution in [0, 0.1) is 15.5 Å². The van der Waals surface area contributed by atoms with Crippen molar-refractivity contribution in [3.63, 3.8) is 0 Å². The third kappa shape index (κ3) is 1.53. The number of rotatable bonds is 2. The molecule has 0 amide bonds. The van der Waals surface area contributed by atoms with E-state index in [4.69, 9.17) is 0 Å². The van der Waals surface area contributed by atoms with Crippen molar-refractivity contribution in [2.45, 2.75) is 25.8 Å². The van der Waals surface area contributed by atoms with E-state index in [1.165, 1.54) is 18.8 Å². The van der Waals surface area contributed by atoms with Gasteiger partial charge >= 0.3 is 0 Å². The third-order valence-corrected chi connectivity index (χ3v) is 4.18. The molecule has 2 heterocycles. The van der Waals surface area contributed by atoms with Crippen LogP contribution in [0.5, 0.6) is 0 Å². The summed E-state index contributed by atoms with van der Waals surface area (Å²) in [5.41, 5.74) is 1.46. The van der Waals surface area contributed by atoms with Crippen LogP contribution in [0.1, 0.15) is 31.5 Å². The van der Waals surface area contributed by atoms with Gasteiger partial charge in [0.1, 0.15) is 3.70 Å². The molecule has 0 radical (unpaired) electrons. The summed E-state index contributed by atoms with van der Waals surface area (Å²) in [5, 5.41) is 8.03. The van der Waals surface area contributed by atoms with Gasteiger partial charge in [0.05, 0.1) is 0 Å². The van der Waals surface area contributed by atoms with Crippen molar-refractivity contribution in [2.24, 2.45) is 11.8 Å². The van der Waals surface area contributed by atoms with E-state index in [0.29, 0.717) is 6.04 Å². The van der Waals surface area contributed by atoms with Crippen molar-refractivity contribution in [1.82, 2.24) is 15.1 Å². The van der Waals surface area contributed by atoms with E-state index in [1.54, 1.807) is 0 Å². The van der Waals surface area contributed by atoms with Crippen molar-refractivity contribution in [3.8, 4) is 0 Å². The Hall–Kier alpha value is -0.100. The molecule has 1 N–H and O–H groups in total. The zero-order valence-electron chi connectivity index (χ0n) is 9.07. The van der Waals surface area contributed by atoms with Gasteiger partial charge in [0, 0.05) is 17.7 Å². The quantitative estimate of drug-likeness (QED) is 0.846. The monoisotopic (exact) mass is 317 g/mol. The molecule has 4 heteroatoms. The number of fused-ring (bicyclic) bond motifs is 1. The zero-order valence-corrected chi connectivity index (χ0v) is 11.2. The summed E-state index contributed by atoms with van der Waals surface area (Å²) in [7, 11) is 0. The second-order valence-corrected chi connectivity index (χ2v) is 6.05. The summed E-state index contributed by atoms with van der Waals surface area (Å²) in [6.07, 6.45) is 0. The van der Waals surface area contributed by atoms with Crippen LogP contribution >= 0.6 is 22.6 Å². The Morgan fingerprint density at radius 1 is 1.47 bits per heavy atom. The minimum Gasteiger partial charge on any atom is -0.316 e. The first kappa shape index (κ1) is 10.1. The highest BCUT2D eigenvalue weighted by Crippen LogP contribution is 2.56. The molecule has 0 aromatic carbocycles. The topological polar surface area (TPSA) is 29.9 Å². The van der Waals surface area contributed by atoms with Crippen molar-refractivity contribution in [2.75, 3.05) is 13.1 Å². The van der Waals surface area contributed by atoms with E-state index in [-0.39, 0.29) is 0 Å². The average Bonchev–Trinajstić information content (AvgIpc) is 2.62. The molecule has 1 saturated carbocycles. The molecule has 2 aliphatic rings. The summed E-state index contributed by atoms with van der Waals surface area (Å²) in [6, 6.07) is 2.75. The molecule has 82 valence electrons. The highest BCUT2D eigenvalue weighted by Gasteiger charge is 2.54. The number of aromatic nitrogens is 2. The fraction of sp³-hybridized carbons (Fsp3) is 0.727. The Labute approximate surface area is 104 Å². The Kier molecular flexibility index (Phi) is 2.32. The normalized spacial score (nSPS) is 33.5. The molecule has 2 fully saturated rings. The number of hydrogen-bond donors (Lipinski definition) is 1. The molecule has 1 aromatic heterocycles. The molecular formula is C11H16IN3. The summed E-state index contributed by atoms with van der Waals surface area (Å²) < 4.78 is 3.35. The average molecular weight is 317 g/mol. The minimum absolute atomic E-state index is 0.484. The van der Waals surface area contributed by atoms with Crippen LogP contribution < -0.4 is 5.32 Å². The van der Waals surface area contributed by atoms with Gasteiger partial charge in [-0.05, 0) is 67.4 Å². The summed E-state index contributed by atoms with van der Waals surface area (Å²) >= 11 is 2.32.